The summed E-state index contributed by atoms with van der Waals surface area (Å²) in [5.74, 6) is 0. The van der Waals surface area contributed by atoms with Crippen LogP contribution >= 0.6 is 0 Å². The SMILES string of the molecule is CCc1ccc(CNc2ccc([N+](=O)[O-])c(S(C)(=O)=O)c2)cc1. The van der Waals surface area contributed by atoms with E-state index in [-0.39, 0.29) is 4.90 Å². The molecular weight excluding hydrogens is 316 g/mol. The molecule has 0 saturated heterocycles. The van der Waals surface area contributed by atoms with Crippen LogP contribution in [-0.4, -0.2) is 19.6 Å². The van der Waals surface area contributed by atoms with Gasteiger partial charge in [-0.1, -0.05) is 31.2 Å². The number of hydrogen-bond donors (Lipinski definition) is 1. The second-order valence-electron chi connectivity index (χ2n) is 5.24. The molecule has 0 heterocycles. The van der Waals surface area contributed by atoms with Gasteiger partial charge in [0.15, 0.2) is 9.84 Å². The molecule has 0 aromatic heterocycles. The quantitative estimate of drug-likeness (QED) is 0.647. The molecule has 2 aromatic carbocycles. The van der Waals surface area contributed by atoms with E-state index in [9.17, 15) is 18.5 Å². The van der Waals surface area contributed by atoms with Gasteiger partial charge in [-0.15, -0.1) is 0 Å². The van der Waals surface area contributed by atoms with Gasteiger partial charge in [-0.05, 0) is 29.7 Å². The van der Waals surface area contributed by atoms with Crippen molar-refractivity contribution in [3.05, 3.63) is 63.7 Å². The van der Waals surface area contributed by atoms with Gasteiger partial charge in [-0.3, -0.25) is 10.1 Å². The third-order valence-corrected chi connectivity index (χ3v) is 4.61. The molecule has 0 radical (unpaired) electrons. The molecule has 0 unspecified atom stereocenters. The second-order valence-corrected chi connectivity index (χ2v) is 7.22. The maximum atomic E-state index is 11.7. The predicted octanol–water partition coefficient (Wildman–Crippen LogP) is 3.17. The lowest BCUT2D eigenvalue weighted by atomic mass is 10.1. The maximum absolute atomic E-state index is 11.7. The lowest BCUT2D eigenvalue weighted by Gasteiger charge is -2.09. The molecule has 0 fully saturated rings. The van der Waals surface area contributed by atoms with Gasteiger partial charge in [-0.25, -0.2) is 8.42 Å². The van der Waals surface area contributed by atoms with Crippen LogP contribution in [0, 0.1) is 10.1 Å². The number of aryl methyl sites for hydroxylation is 1. The zero-order valence-corrected chi connectivity index (χ0v) is 13.8. The van der Waals surface area contributed by atoms with E-state index in [0.29, 0.717) is 12.2 Å². The number of nitro groups is 1. The summed E-state index contributed by atoms with van der Waals surface area (Å²) in [6.07, 6.45) is 1.93. The molecule has 0 spiro atoms. The van der Waals surface area contributed by atoms with Crippen LogP contribution in [0.15, 0.2) is 47.4 Å². The summed E-state index contributed by atoms with van der Waals surface area (Å²) < 4.78 is 23.4. The van der Waals surface area contributed by atoms with Gasteiger partial charge in [0.1, 0.15) is 4.90 Å². The van der Waals surface area contributed by atoms with Gasteiger partial charge in [0.2, 0.25) is 0 Å². The summed E-state index contributed by atoms with van der Waals surface area (Å²) in [4.78, 5) is 9.97. The number of benzene rings is 2. The van der Waals surface area contributed by atoms with Crippen molar-refractivity contribution >= 4 is 21.2 Å². The number of nitro benzene ring substituents is 1. The fourth-order valence-electron chi connectivity index (χ4n) is 2.17. The molecule has 0 atom stereocenters. The van der Waals surface area contributed by atoms with Crippen molar-refractivity contribution in [2.75, 3.05) is 11.6 Å². The minimum Gasteiger partial charge on any atom is -0.381 e. The smallest absolute Gasteiger partial charge is 0.288 e. The fraction of sp³-hybridized carbons (Fsp3) is 0.250. The monoisotopic (exact) mass is 334 g/mol. The molecule has 0 aliphatic carbocycles. The minimum atomic E-state index is -3.67. The number of nitrogens with zero attached hydrogens (tertiary/aromatic N) is 1. The molecule has 122 valence electrons. The molecule has 0 bridgehead atoms. The van der Waals surface area contributed by atoms with Gasteiger partial charge in [0.05, 0.1) is 4.92 Å². The Hall–Kier alpha value is -2.41. The summed E-state index contributed by atoms with van der Waals surface area (Å²) in [7, 11) is -3.67. The van der Waals surface area contributed by atoms with Gasteiger partial charge in [-0.2, -0.15) is 0 Å². The Bertz CT molecular complexity index is 814. The van der Waals surface area contributed by atoms with Crippen molar-refractivity contribution in [1.29, 1.82) is 0 Å². The average Bonchev–Trinajstić information content (AvgIpc) is 2.52. The van der Waals surface area contributed by atoms with Crippen molar-refractivity contribution in [3.8, 4) is 0 Å². The maximum Gasteiger partial charge on any atom is 0.288 e. The van der Waals surface area contributed by atoms with Crippen LogP contribution in [0.25, 0.3) is 0 Å². The average molecular weight is 334 g/mol. The summed E-state index contributed by atoms with van der Waals surface area (Å²) in [6, 6.07) is 12.1. The molecule has 2 aromatic rings. The minimum absolute atomic E-state index is 0.283. The van der Waals surface area contributed by atoms with E-state index >= 15 is 0 Å². The zero-order chi connectivity index (χ0) is 17.0. The number of anilines is 1. The Kier molecular flexibility index (Phi) is 5.00. The van der Waals surface area contributed by atoms with E-state index in [1.54, 1.807) is 0 Å². The van der Waals surface area contributed by atoms with Gasteiger partial charge in [0.25, 0.3) is 5.69 Å². The predicted molar refractivity (Wildman–Crippen MR) is 89.4 cm³/mol. The highest BCUT2D eigenvalue weighted by Crippen LogP contribution is 2.27. The summed E-state index contributed by atoms with van der Waals surface area (Å²) in [5.41, 5.74) is 2.39. The van der Waals surface area contributed by atoms with Crippen LogP contribution < -0.4 is 5.32 Å². The molecule has 2 rings (SSSR count). The highest BCUT2D eigenvalue weighted by molar-refractivity contribution is 7.90. The Morgan fingerprint density at radius 1 is 1.09 bits per heavy atom. The Morgan fingerprint density at radius 2 is 1.70 bits per heavy atom. The van der Waals surface area contributed by atoms with E-state index in [4.69, 9.17) is 0 Å². The van der Waals surface area contributed by atoms with Crippen molar-refractivity contribution < 1.29 is 13.3 Å². The molecule has 0 aliphatic heterocycles. The largest absolute Gasteiger partial charge is 0.381 e. The van der Waals surface area contributed by atoms with E-state index < -0.39 is 20.4 Å². The van der Waals surface area contributed by atoms with Crippen molar-refractivity contribution in [3.63, 3.8) is 0 Å². The lowest BCUT2D eigenvalue weighted by molar-refractivity contribution is -0.387. The summed E-state index contributed by atoms with van der Waals surface area (Å²) in [5, 5.41) is 14.0. The van der Waals surface area contributed by atoms with Crippen LogP contribution in [0.4, 0.5) is 11.4 Å². The first kappa shape index (κ1) is 17.0. The van der Waals surface area contributed by atoms with E-state index in [1.165, 1.54) is 23.8 Å². The fourth-order valence-corrected chi connectivity index (χ4v) is 3.03. The number of sulfone groups is 1. The first-order chi connectivity index (χ1) is 10.8. The molecule has 23 heavy (non-hydrogen) atoms. The van der Waals surface area contributed by atoms with Gasteiger partial charge in [0, 0.05) is 24.6 Å². The third kappa shape index (κ3) is 4.29. The Morgan fingerprint density at radius 3 is 2.22 bits per heavy atom. The van der Waals surface area contributed by atoms with Crippen molar-refractivity contribution in [2.45, 2.75) is 24.8 Å². The molecule has 7 heteroatoms. The Balaban J connectivity index is 2.21. The van der Waals surface area contributed by atoms with Crippen LogP contribution in [0.5, 0.6) is 0 Å². The zero-order valence-electron chi connectivity index (χ0n) is 12.9. The standard InChI is InChI=1S/C16H18N2O4S/c1-3-12-4-6-13(7-5-12)11-17-14-8-9-15(18(19)20)16(10-14)23(2,21)22/h4-10,17H,3,11H2,1-2H3. The first-order valence-electron chi connectivity index (χ1n) is 7.11. The van der Waals surface area contributed by atoms with Gasteiger partial charge < -0.3 is 5.32 Å². The lowest BCUT2D eigenvalue weighted by Crippen LogP contribution is -2.05. The molecule has 1 N–H and O–H groups in total. The molecule has 6 nitrogen and oxygen atoms in total. The molecule has 0 saturated carbocycles. The number of rotatable bonds is 6. The van der Waals surface area contributed by atoms with E-state index in [0.717, 1.165) is 18.2 Å². The summed E-state index contributed by atoms with van der Waals surface area (Å²) >= 11 is 0. The topological polar surface area (TPSA) is 89.3 Å². The molecular formula is C16H18N2O4S. The first-order valence-corrected chi connectivity index (χ1v) is 9.00. The number of nitrogens with one attached hydrogen (secondary N) is 1. The number of hydrogen-bond acceptors (Lipinski definition) is 5. The van der Waals surface area contributed by atoms with Crippen molar-refractivity contribution in [2.24, 2.45) is 0 Å². The highest BCUT2D eigenvalue weighted by Gasteiger charge is 2.22. The molecule has 0 aliphatic rings. The van der Waals surface area contributed by atoms with Crippen LogP contribution in [0.1, 0.15) is 18.1 Å². The second kappa shape index (κ2) is 6.78. The van der Waals surface area contributed by atoms with Crippen molar-refractivity contribution in [1.82, 2.24) is 0 Å². The van der Waals surface area contributed by atoms with Crippen LogP contribution in [0.3, 0.4) is 0 Å². The summed E-state index contributed by atoms with van der Waals surface area (Å²) in [6.45, 7) is 2.59. The normalized spacial score (nSPS) is 11.2. The third-order valence-electron chi connectivity index (χ3n) is 3.48. The van der Waals surface area contributed by atoms with Gasteiger partial charge >= 0.3 is 0 Å². The Labute approximate surface area is 135 Å². The van der Waals surface area contributed by atoms with E-state index in [2.05, 4.69) is 12.2 Å². The molecule has 0 amide bonds. The van der Waals surface area contributed by atoms with Crippen LogP contribution in [0.2, 0.25) is 0 Å². The van der Waals surface area contributed by atoms with Crippen LogP contribution in [-0.2, 0) is 22.8 Å². The van der Waals surface area contributed by atoms with E-state index in [1.807, 2.05) is 24.3 Å². The highest BCUT2D eigenvalue weighted by atomic mass is 32.2.